The summed E-state index contributed by atoms with van der Waals surface area (Å²) in [5, 5.41) is 3.88. The minimum atomic E-state index is -0.0416. The fourth-order valence-electron chi connectivity index (χ4n) is 10.2. The summed E-state index contributed by atoms with van der Waals surface area (Å²) in [5.74, 6) is 5.89. The van der Waals surface area contributed by atoms with Gasteiger partial charge >= 0.3 is 0 Å². The number of fused-ring (bicyclic) bond motifs is 7. The topological polar surface area (TPSA) is 38.3 Å². The van der Waals surface area contributed by atoms with E-state index in [1.807, 2.05) is 0 Å². The van der Waals surface area contributed by atoms with Crippen molar-refractivity contribution in [3.8, 4) is 0 Å². The molecule has 1 spiro atoms. The number of hydrogen-bond donors (Lipinski definition) is 1. The van der Waals surface area contributed by atoms with Gasteiger partial charge in [-0.25, -0.2) is 0 Å². The van der Waals surface area contributed by atoms with Crippen molar-refractivity contribution >= 4 is 5.78 Å². The lowest BCUT2D eigenvalue weighted by Crippen LogP contribution is -2.57. The molecule has 0 aromatic heterocycles. The quantitative estimate of drug-likeness (QED) is 0.564. The Hall–Kier alpha value is -0.410. The maximum atomic E-state index is 12.2. The molecule has 0 aromatic carbocycles. The molecule has 0 amide bonds. The molecule has 0 aromatic rings. The Kier molecular flexibility index (Phi) is 4.42. The second kappa shape index (κ2) is 6.56. The van der Waals surface area contributed by atoms with Gasteiger partial charge in [0, 0.05) is 25.3 Å². The maximum Gasteiger partial charge on any atom is 0.133 e. The molecule has 3 heteroatoms. The van der Waals surface area contributed by atoms with Crippen molar-refractivity contribution in [2.45, 2.75) is 104 Å². The number of ketones is 1. The summed E-state index contributed by atoms with van der Waals surface area (Å²) in [7, 11) is 0. The lowest BCUT2D eigenvalue weighted by Gasteiger charge is -2.60. The van der Waals surface area contributed by atoms with E-state index in [4.69, 9.17) is 4.74 Å². The van der Waals surface area contributed by atoms with E-state index in [-0.39, 0.29) is 5.72 Å². The minimum Gasteiger partial charge on any atom is -0.357 e. The van der Waals surface area contributed by atoms with Gasteiger partial charge in [0.25, 0.3) is 0 Å². The minimum absolute atomic E-state index is 0.0416. The van der Waals surface area contributed by atoms with E-state index >= 15 is 0 Å². The highest BCUT2D eigenvalue weighted by atomic mass is 16.5. The van der Waals surface area contributed by atoms with Crippen LogP contribution in [0.15, 0.2) is 0 Å². The third-order valence-corrected chi connectivity index (χ3v) is 12.0. The lowest BCUT2D eigenvalue weighted by molar-refractivity contribution is -0.144. The summed E-state index contributed by atoms with van der Waals surface area (Å²) in [6.45, 7) is 11.2. The molecule has 0 radical (unpaired) electrons. The zero-order valence-electron chi connectivity index (χ0n) is 19.7. The molecule has 0 bridgehead atoms. The van der Waals surface area contributed by atoms with Gasteiger partial charge in [-0.2, -0.15) is 0 Å². The first-order chi connectivity index (χ1) is 14.3. The fraction of sp³-hybridized carbons (Fsp3) is 0.963. The van der Waals surface area contributed by atoms with Gasteiger partial charge in [-0.1, -0.05) is 27.7 Å². The van der Waals surface area contributed by atoms with Crippen LogP contribution in [0.4, 0.5) is 0 Å². The zero-order valence-corrected chi connectivity index (χ0v) is 19.7. The third-order valence-electron chi connectivity index (χ3n) is 12.0. The van der Waals surface area contributed by atoms with Gasteiger partial charge < -0.3 is 4.74 Å². The van der Waals surface area contributed by atoms with E-state index in [0.717, 1.165) is 55.4 Å². The van der Waals surface area contributed by atoms with E-state index in [2.05, 4.69) is 33.0 Å². The average Bonchev–Trinajstić information content (AvgIpc) is 3.16. The van der Waals surface area contributed by atoms with Gasteiger partial charge in [-0.05, 0) is 97.7 Å². The predicted molar refractivity (Wildman–Crippen MR) is 119 cm³/mol. The normalized spacial score (nSPS) is 60.1. The maximum absolute atomic E-state index is 12.2. The number of piperidine rings is 1. The number of carbonyl (C=O) groups is 1. The summed E-state index contributed by atoms with van der Waals surface area (Å²) in [6, 6.07) is 0. The highest BCUT2D eigenvalue weighted by Crippen LogP contribution is 2.70. The largest absolute Gasteiger partial charge is 0.357 e. The van der Waals surface area contributed by atoms with Crippen LogP contribution in [0.25, 0.3) is 0 Å². The fourth-order valence-corrected chi connectivity index (χ4v) is 10.2. The molecule has 6 aliphatic rings. The Morgan fingerprint density at radius 3 is 2.57 bits per heavy atom. The highest BCUT2D eigenvalue weighted by Gasteiger charge is 2.68. The summed E-state index contributed by atoms with van der Waals surface area (Å²) >= 11 is 0. The highest BCUT2D eigenvalue weighted by molar-refractivity contribution is 5.79. The zero-order chi connectivity index (χ0) is 20.9. The molecule has 4 aliphatic carbocycles. The second-order valence-corrected chi connectivity index (χ2v) is 13.1. The Balaban J connectivity index is 1.26. The first-order valence-electron chi connectivity index (χ1n) is 13.2. The van der Waals surface area contributed by atoms with E-state index in [1.165, 1.54) is 44.9 Å². The van der Waals surface area contributed by atoms with E-state index in [0.29, 0.717) is 34.6 Å². The van der Waals surface area contributed by atoms with E-state index in [9.17, 15) is 4.79 Å². The van der Waals surface area contributed by atoms with Gasteiger partial charge in [0.05, 0.1) is 6.10 Å². The summed E-state index contributed by atoms with van der Waals surface area (Å²) in [6.07, 6.45) is 12.6. The van der Waals surface area contributed by atoms with Crippen LogP contribution in [-0.2, 0) is 9.53 Å². The smallest absolute Gasteiger partial charge is 0.133 e. The summed E-state index contributed by atoms with van der Waals surface area (Å²) in [4.78, 5) is 12.2. The van der Waals surface area contributed by atoms with E-state index < -0.39 is 0 Å². The molecule has 1 N–H and O–H groups in total. The Labute approximate surface area is 183 Å². The van der Waals surface area contributed by atoms with Crippen LogP contribution in [0.3, 0.4) is 0 Å². The van der Waals surface area contributed by atoms with Crippen molar-refractivity contribution in [1.82, 2.24) is 5.32 Å². The molecule has 11 atom stereocenters. The monoisotopic (exact) mass is 413 g/mol. The first kappa shape index (κ1) is 20.2. The predicted octanol–water partition coefficient (Wildman–Crippen LogP) is 5.58. The van der Waals surface area contributed by atoms with Crippen molar-refractivity contribution in [1.29, 1.82) is 0 Å². The standard InChI is InChI=1S/C27H43NO2/c1-16-7-12-27(28-15-16)17(2)24-23(30-27)14-22-20-6-5-18-13-19(29)8-10-25(18,3)21(20)9-11-26(22,24)4/h16-18,20-24,28H,5-15H2,1-4H3/t16?,17-,18-,20+,21-,22-,23-,24-,25-,26-,27+/m0/s1. The summed E-state index contributed by atoms with van der Waals surface area (Å²) in [5.41, 5.74) is 0.831. The van der Waals surface area contributed by atoms with Gasteiger partial charge in [0.2, 0.25) is 0 Å². The Bertz CT molecular complexity index is 726. The van der Waals surface area contributed by atoms with Gasteiger partial charge in [0.15, 0.2) is 0 Å². The average molecular weight is 414 g/mol. The molecule has 2 saturated heterocycles. The van der Waals surface area contributed by atoms with Crippen LogP contribution < -0.4 is 5.32 Å². The van der Waals surface area contributed by atoms with Crippen LogP contribution in [0, 0.1) is 52.3 Å². The molecule has 30 heavy (non-hydrogen) atoms. The van der Waals surface area contributed by atoms with Crippen LogP contribution in [0.1, 0.15) is 91.9 Å². The SMILES string of the molecule is CC1CC[C@@]2(NC1)O[C@H]1C[C@H]3[C@@H]4CC[C@H]5CC(=O)CC[C@]5(C)[C@H]4CC[C@]3(C)[C@H]1[C@@H]2C. The second-order valence-electron chi connectivity index (χ2n) is 13.1. The summed E-state index contributed by atoms with van der Waals surface area (Å²) < 4.78 is 7.00. The third kappa shape index (κ3) is 2.54. The molecule has 168 valence electrons. The van der Waals surface area contributed by atoms with Crippen LogP contribution in [0.5, 0.6) is 0 Å². The first-order valence-corrected chi connectivity index (χ1v) is 13.2. The molecule has 3 nitrogen and oxygen atoms in total. The molecular formula is C27H43NO2. The molecule has 6 fully saturated rings. The molecule has 6 rings (SSSR count). The Morgan fingerprint density at radius 1 is 0.967 bits per heavy atom. The van der Waals surface area contributed by atoms with Gasteiger partial charge in [-0.3, -0.25) is 10.1 Å². The molecule has 2 aliphatic heterocycles. The molecule has 4 saturated carbocycles. The lowest BCUT2D eigenvalue weighted by atomic mass is 9.44. The van der Waals surface area contributed by atoms with Crippen molar-refractivity contribution in [2.24, 2.45) is 52.3 Å². The number of rotatable bonds is 0. The Morgan fingerprint density at radius 2 is 1.80 bits per heavy atom. The van der Waals surface area contributed by atoms with Crippen LogP contribution in [0.2, 0.25) is 0 Å². The number of hydrogen-bond acceptors (Lipinski definition) is 3. The number of carbonyl (C=O) groups excluding carboxylic acids is 1. The van der Waals surface area contributed by atoms with Gasteiger partial charge in [0.1, 0.15) is 11.5 Å². The molecule has 2 heterocycles. The van der Waals surface area contributed by atoms with Crippen molar-refractivity contribution in [2.75, 3.05) is 6.54 Å². The number of ether oxygens (including phenoxy) is 1. The van der Waals surface area contributed by atoms with Gasteiger partial charge in [-0.15, -0.1) is 0 Å². The number of Topliss-reactive ketones (excluding diaryl/α,β-unsaturated/α-hetero) is 1. The van der Waals surface area contributed by atoms with Crippen LogP contribution >= 0.6 is 0 Å². The number of nitrogens with one attached hydrogen (secondary N) is 1. The molecular weight excluding hydrogens is 370 g/mol. The van der Waals surface area contributed by atoms with Crippen molar-refractivity contribution < 1.29 is 9.53 Å². The van der Waals surface area contributed by atoms with Crippen molar-refractivity contribution in [3.05, 3.63) is 0 Å². The van der Waals surface area contributed by atoms with Crippen molar-refractivity contribution in [3.63, 3.8) is 0 Å². The molecule has 1 unspecified atom stereocenters. The van der Waals surface area contributed by atoms with E-state index in [1.54, 1.807) is 0 Å². The van der Waals surface area contributed by atoms with Crippen LogP contribution in [-0.4, -0.2) is 24.2 Å².